The average molecular weight is 290 g/mol. The van der Waals surface area contributed by atoms with Crippen molar-refractivity contribution in [3.63, 3.8) is 0 Å². The fourth-order valence-corrected chi connectivity index (χ4v) is 3.50. The van der Waals surface area contributed by atoms with E-state index >= 15 is 0 Å². The number of carbonyl (C=O) groups is 1. The average Bonchev–Trinajstić information content (AvgIpc) is 2.62. The predicted octanol–water partition coefficient (Wildman–Crippen LogP) is 1.27. The van der Waals surface area contributed by atoms with Gasteiger partial charge in [0, 0.05) is 0 Å². The quantitative estimate of drug-likeness (QED) is 0.654. The van der Waals surface area contributed by atoms with Crippen LogP contribution in [-0.4, -0.2) is 32.0 Å². The highest BCUT2D eigenvalue weighted by Gasteiger charge is 2.30. The van der Waals surface area contributed by atoms with Gasteiger partial charge in [-0.15, -0.1) is 0 Å². The molecular formula is C11H12ClNO4S. The lowest BCUT2D eigenvalue weighted by Gasteiger charge is -2.10. The fourth-order valence-electron chi connectivity index (χ4n) is 1.73. The minimum absolute atomic E-state index is 0.0629. The molecule has 0 saturated carbocycles. The number of rotatable bonds is 2. The van der Waals surface area contributed by atoms with E-state index in [9.17, 15) is 13.2 Å². The number of benzene rings is 1. The molecule has 0 bridgehead atoms. The van der Waals surface area contributed by atoms with E-state index in [1.54, 1.807) is 0 Å². The predicted molar refractivity (Wildman–Crippen MR) is 68.3 cm³/mol. The number of carbonyl (C=O) groups excluding carboxylic acids is 1. The molecule has 1 atom stereocenters. The number of ether oxygens (including phenoxy) is 1. The summed E-state index contributed by atoms with van der Waals surface area (Å²) in [5.41, 5.74) is 6.16. The lowest BCUT2D eigenvalue weighted by atomic mass is 10.2. The molecular weight excluding hydrogens is 278 g/mol. The van der Waals surface area contributed by atoms with Crippen molar-refractivity contribution in [2.75, 3.05) is 17.2 Å². The molecule has 18 heavy (non-hydrogen) atoms. The van der Waals surface area contributed by atoms with E-state index in [1.165, 1.54) is 18.2 Å². The molecule has 0 amide bonds. The van der Waals surface area contributed by atoms with E-state index in [4.69, 9.17) is 22.1 Å². The van der Waals surface area contributed by atoms with Crippen LogP contribution in [0.3, 0.4) is 0 Å². The van der Waals surface area contributed by atoms with Crippen LogP contribution in [0.1, 0.15) is 16.8 Å². The Morgan fingerprint density at radius 3 is 2.72 bits per heavy atom. The first-order valence-corrected chi connectivity index (χ1v) is 7.54. The standard InChI is InChI=1S/C11H12ClNO4S/c12-9-5-7(1-2-10(9)13)11(14)17-8-3-4-18(15,16)6-8/h1-2,5,8H,3-4,6,13H2. The van der Waals surface area contributed by atoms with E-state index in [1.807, 2.05) is 0 Å². The highest BCUT2D eigenvalue weighted by atomic mass is 35.5. The smallest absolute Gasteiger partial charge is 0.338 e. The molecule has 0 aliphatic carbocycles. The Hall–Kier alpha value is -1.27. The van der Waals surface area contributed by atoms with Crippen molar-refractivity contribution in [3.8, 4) is 0 Å². The summed E-state index contributed by atoms with van der Waals surface area (Å²) >= 11 is 5.79. The number of hydrogen-bond donors (Lipinski definition) is 1. The maximum absolute atomic E-state index is 11.8. The Morgan fingerprint density at radius 2 is 2.17 bits per heavy atom. The highest BCUT2D eigenvalue weighted by molar-refractivity contribution is 7.91. The van der Waals surface area contributed by atoms with Crippen molar-refractivity contribution >= 4 is 33.1 Å². The van der Waals surface area contributed by atoms with Crippen LogP contribution in [-0.2, 0) is 14.6 Å². The molecule has 1 aliphatic rings. The number of anilines is 1. The molecule has 1 unspecified atom stereocenters. The normalized spacial score (nSPS) is 21.7. The summed E-state index contributed by atoms with van der Waals surface area (Å²) in [6, 6.07) is 4.40. The Morgan fingerprint density at radius 1 is 1.44 bits per heavy atom. The van der Waals surface area contributed by atoms with Crippen LogP contribution < -0.4 is 5.73 Å². The molecule has 1 fully saturated rings. The zero-order chi connectivity index (χ0) is 13.3. The van der Waals surface area contributed by atoms with E-state index < -0.39 is 21.9 Å². The van der Waals surface area contributed by atoms with E-state index in [0.717, 1.165) is 0 Å². The van der Waals surface area contributed by atoms with Crippen molar-refractivity contribution < 1.29 is 17.9 Å². The minimum atomic E-state index is -3.06. The van der Waals surface area contributed by atoms with Gasteiger partial charge in [0.25, 0.3) is 0 Å². The zero-order valence-electron chi connectivity index (χ0n) is 9.43. The van der Waals surface area contributed by atoms with Crippen LogP contribution in [0, 0.1) is 0 Å². The summed E-state index contributed by atoms with van der Waals surface area (Å²) in [7, 11) is -3.06. The molecule has 7 heteroatoms. The Balaban J connectivity index is 2.06. The third-order valence-electron chi connectivity index (χ3n) is 2.70. The third-order valence-corrected chi connectivity index (χ3v) is 4.77. The summed E-state index contributed by atoms with van der Waals surface area (Å²) in [6.07, 6.45) is -0.227. The number of nitrogens with two attached hydrogens (primary N) is 1. The molecule has 1 aliphatic heterocycles. The molecule has 5 nitrogen and oxygen atoms in total. The maximum atomic E-state index is 11.8. The second-order valence-electron chi connectivity index (χ2n) is 4.17. The first-order valence-electron chi connectivity index (χ1n) is 5.34. The van der Waals surface area contributed by atoms with Crippen LogP contribution in [0.25, 0.3) is 0 Å². The lowest BCUT2D eigenvalue weighted by Crippen LogP contribution is -2.19. The van der Waals surface area contributed by atoms with Gasteiger partial charge < -0.3 is 10.5 Å². The SMILES string of the molecule is Nc1ccc(C(=O)OC2CCS(=O)(=O)C2)cc1Cl. The van der Waals surface area contributed by atoms with Gasteiger partial charge >= 0.3 is 5.97 Å². The van der Waals surface area contributed by atoms with Gasteiger partial charge in [0.2, 0.25) is 0 Å². The fraction of sp³-hybridized carbons (Fsp3) is 0.364. The lowest BCUT2D eigenvalue weighted by molar-refractivity contribution is 0.0356. The number of hydrogen-bond acceptors (Lipinski definition) is 5. The molecule has 0 aromatic heterocycles. The maximum Gasteiger partial charge on any atom is 0.338 e. The van der Waals surface area contributed by atoms with Crippen molar-refractivity contribution in [2.24, 2.45) is 0 Å². The van der Waals surface area contributed by atoms with Crippen LogP contribution in [0.2, 0.25) is 5.02 Å². The molecule has 0 radical (unpaired) electrons. The molecule has 1 aromatic carbocycles. The van der Waals surface area contributed by atoms with E-state index in [0.29, 0.717) is 12.1 Å². The van der Waals surface area contributed by atoms with Crippen LogP contribution >= 0.6 is 11.6 Å². The Kier molecular flexibility index (Phi) is 3.49. The zero-order valence-corrected chi connectivity index (χ0v) is 11.0. The number of halogens is 1. The molecule has 2 N–H and O–H groups in total. The van der Waals surface area contributed by atoms with Crippen molar-refractivity contribution in [2.45, 2.75) is 12.5 Å². The summed E-state index contributed by atoms with van der Waals surface area (Å²) < 4.78 is 27.6. The Bertz CT molecular complexity index is 585. The topological polar surface area (TPSA) is 86.5 Å². The number of sulfone groups is 1. The van der Waals surface area contributed by atoms with Crippen molar-refractivity contribution in [3.05, 3.63) is 28.8 Å². The second kappa shape index (κ2) is 4.78. The van der Waals surface area contributed by atoms with E-state index in [-0.39, 0.29) is 22.1 Å². The third kappa shape index (κ3) is 2.94. The van der Waals surface area contributed by atoms with Crippen molar-refractivity contribution in [1.82, 2.24) is 0 Å². The summed E-state index contributed by atoms with van der Waals surface area (Å²) in [5.74, 6) is -0.631. The summed E-state index contributed by atoms with van der Waals surface area (Å²) in [4.78, 5) is 11.8. The molecule has 2 rings (SSSR count). The largest absolute Gasteiger partial charge is 0.458 e. The van der Waals surface area contributed by atoms with Crippen LogP contribution in [0.5, 0.6) is 0 Å². The molecule has 1 aromatic rings. The highest BCUT2D eigenvalue weighted by Crippen LogP contribution is 2.22. The second-order valence-corrected chi connectivity index (χ2v) is 6.80. The molecule has 98 valence electrons. The van der Waals surface area contributed by atoms with Gasteiger partial charge in [-0.05, 0) is 24.6 Å². The van der Waals surface area contributed by atoms with E-state index in [2.05, 4.69) is 0 Å². The van der Waals surface area contributed by atoms with Gasteiger partial charge in [-0.25, -0.2) is 13.2 Å². The number of esters is 1. The van der Waals surface area contributed by atoms with Crippen molar-refractivity contribution in [1.29, 1.82) is 0 Å². The summed E-state index contributed by atoms with van der Waals surface area (Å²) in [5, 5.41) is 0.267. The summed E-state index contributed by atoms with van der Waals surface area (Å²) in [6.45, 7) is 0. The van der Waals surface area contributed by atoms with Gasteiger partial charge in [0.1, 0.15) is 6.10 Å². The molecule has 1 heterocycles. The number of nitrogen functional groups attached to an aromatic ring is 1. The first-order chi connectivity index (χ1) is 8.37. The molecule has 0 spiro atoms. The van der Waals surface area contributed by atoms with Gasteiger partial charge in [-0.2, -0.15) is 0 Å². The minimum Gasteiger partial charge on any atom is -0.458 e. The van der Waals surface area contributed by atoms with Gasteiger partial charge in [0.05, 0.1) is 27.8 Å². The van der Waals surface area contributed by atoms with Gasteiger partial charge in [-0.3, -0.25) is 0 Å². The van der Waals surface area contributed by atoms with Gasteiger partial charge in [0.15, 0.2) is 9.84 Å². The Labute approximate surface area is 110 Å². The van der Waals surface area contributed by atoms with Crippen LogP contribution in [0.15, 0.2) is 18.2 Å². The monoisotopic (exact) mass is 289 g/mol. The van der Waals surface area contributed by atoms with Crippen LogP contribution in [0.4, 0.5) is 5.69 Å². The first kappa shape index (κ1) is 13.2. The van der Waals surface area contributed by atoms with Gasteiger partial charge in [-0.1, -0.05) is 11.6 Å². The molecule has 1 saturated heterocycles.